The van der Waals surface area contributed by atoms with Crippen molar-refractivity contribution in [1.82, 2.24) is 4.98 Å². The first-order chi connectivity index (χ1) is 6.61. The third-order valence-corrected chi connectivity index (χ3v) is 2.27. The van der Waals surface area contributed by atoms with Crippen molar-refractivity contribution < 1.29 is 15.1 Å². The molecule has 7 heteroatoms. The lowest BCUT2D eigenvalue weighted by Crippen LogP contribution is -2.09. The number of aliphatic carboxylic acids is 1. The number of anilines is 1. The fourth-order valence-corrected chi connectivity index (χ4v) is 1.46. The van der Waals surface area contributed by atoms with Gasteiger partial charge in [-0.15, -0.1) is 0 Å². The zero-order chi connectivity index (χ0) is 10.6. The number of pyridine rings is 1. The molecule has 0 atom stereocenters. The molecule has 1 rings (SSSR count). The first-order valence-electron chi connectivity index (χ1n) is 3.57. The van der Waals surface area contributed by atoms with Crippen LogP contribution in [0.4, 0.5) is 5.69 Å². The Morgan fingerprint density at radius 3 is 3.00 bits per heavy atom. The summed E-state index contributed by atoms with van der Waals surface area (Å²) >= 11 is 0.871. The van der Waals surface area contributed by atoms with Crippen LogP contribution in [-0.2, 0) is 4.79 Å². The standard InChI is InChI=1S/C7H7N2O4S/c10-6(11)4-14-7-5(9(12)13)2-1-3-8-7/h1-3,12H,4H2,(H,10,11)/q-1. The molecule has 1 aromatic heterocycles. The highest BCUT2D eigenvalue weighted by molar-refractivity contribution is 8.00. The minimum absolute atomic E-state index is 0.0567. The molecule has 0 fully saturated rings. The second-order valence-electron chi connectivity index (χ2n) is 2.28. The van der Waals surface area contributed by atoms with E-state index in [1.807, 2.05) is 0 Å². The van der Waals surface area contributed by atoms with Gasteiger partial charge in [0.15, 0.2) is 0 Å². The highest BCUT2D eigenvalue weighted by Crippen LogP contribution is 2.26. The average molecular weight is 215 g/mol. The zero-order valence-electron chi connectivity index (χ0n) is 6.95. The Bertz CT molecular complexity index is 331. The number of nitrogens with zero attached hydrogens (tertiary/aromatic N) is 2. The molecule has 0 radical (unpaired) electrons. The van der Waals surface area contributed by atoms with Gasteiger partial charge in [-0.05, 0) is 12.1 Å². The second-order valence-corrected chi connectivity index (χ2v) is 3.25. The highest BCUT2D eigenvalue weighted by Gasteiger charge is 2.06. The van der Waals surface area contributed by atoms with Crippen molar-refractivity contribution in [3.8, 4) is 0 Å². The summed E-state index contributed by atoms with van der Waals surface area (Å²) in [6, 6.07) is 2.82. The molecule has 76 valence electrons. The number of rotatable bonds is 4. The van der Waals surface area contributed by atoms with E-state index in [0.717, 1.165) is 11.8 Å². The van der Waals surface area contributed by atoms with Crippen molar-refractivity contribution in [1.29, 1.82) is 0 Å². The van der Waals surface area contributed by atoms with E-state index >= 15 is 0 Å². The Morgan fingerprint density at radius 2 is 2.43 bits per heavy atom. The number of carbonyl (C=O) groups is 1. The van der Waals surface area contributed by atoms with Gasteiger partial charge >= 0.3 is 5.97 Å². The zero-order valence-corrected chi connectivity index (χ0v) is 7.77. The van der Waals surface area contributed by atoms with Gasteiger partial charge in [-0.2, -0.15) is 0 Å². The maximum absolute atomic E-state index is 10.6. The van der Waals surface area contributed by atoms with E-state index in [1.165, 1.54) is 18.3 Å². The predicted octanol–water partition coefficient (Wildman–Crippen LogP) is 0.952. The number of aromatic nitrogens is 1. The molecule has 2 N–H and O–H groups in total. The average Bonchev–Trinajstić information content (AvgIpc) is 2.15. The molecular formula is C7H7N2O4S-. The molecular weight excluding hydrogens is 208 g/mol. The smallest absolute Gasteiger partial charge is 0.313 e. The van der Waals surface area contributed by atoms with Crippen molar-refractivity contribution in [2.45, 2.75) is 5.03 Å². The minimum atomic E-state index is -1.01. The Morgan fingerprint density at radius 1 is 1.71 bits per heavy atom. The first kappa shape index (κ1) is 10.8. The van der Waals surface area contributed by atoms with Crippen molar-refractivity contribution in [2.75, 3.05) is 11.0 Å². The van der Waals surface area contributed by atoms with E-state index in [1.54, 1.807) is 0 Å². The largest absolute Gasteiger partial charge is 0.733 e. The van der Waals surface area contributed by atoms with Gasteiger partial charge in [0.2, 0.25) is 0 Å². The van der Waals surface area contributed by atoms with Crippen LogP contribution in [0.15, 0.2) is 23.4 Å². The third kappa shape index (κ3) is 2.87. The molecule has 1 aromatic rings. The van der Waals surface area contributed by atoms with Gasteiger partial charge in [-0.25, -0.2) is 4.98 Å². The van der Waals surface area contributed by atoms with Crippen LogP contribution in [-0.4, -0.2) is 27.0 Å². The summed E-state index contributed by atoms with van der Waals surface area (Å²) in [6.45, 7) is 0. The summed E-state index contributed by atoms with van der Waals surface area (Å²) in [6.07, 6.45) is 1.41. The molecule has 1 heterocycles. The van der Waals surface area contributed by atoms with Crippen LogP contribution in [0.2, 0.25) is 0 Å². The normalized spacial score (nSPS) is 9.86. The van der Waals surface area contributed by atoms with Crippen molar-refractivity contribution in [3.05, 3.63) is 23.5 Å². The molecule has 14 heavy (non-hydrogen) atoms. The predicted molar refractivity (Wildman–Crippen MR) is 50.2 cm³/mol. The van der Waals surface area contributed by atoms with Gasteiger partial charge in [0.1, 0.15) is 5.03 Å². The molecule has 0 aliphatic carbocycles. The molecule has 0 amide bonds. The van der Waals surface area contributed by atoms with Crippen molar-refractivity contribution in [3.63, 3.8) is 0 Å². The van der Waals surface area contributed by atoms with Gasteiger partial charge in [0.05, 0.1) is 11.4 Å². The summed E-state index contributed by atoms with van der Waals surface area (Å²) < 4.78 is 0. The summed E-state index contributed by atoms with van der Waals surface area (Å²) in [5.74, 6) is -1.22. The fraction of sp³-hybridized carbons (Fsp3) is 0.143. The summed E-state index contributed by atoms with van der Waals surface area (Å²) in [5.41, 5.74) is -0.0567. The monoisotopic (exact) mass is 215 g/mol. The Labute approximate surface area is 83.7 Å². The van der Waals surface area contributed by atoms with E-state index < -0.39 is 5.97 Å². The van der Waals surface area contributed by atoms with E-state index in [0.29, 0.717) is 0 Å². The molecule has 0 aliphatic heterocycles. The van der Waals surface area contributed by atoms with Crippen LogP contribution in [0.1, 0.15) is 0 Å². The maximum Gasteiger partial charge on any atom is 0.313 e. The van der Waals surface area contributed by atoms with Gasteiger partial charge in [0, 0.05) is 6.20 Å². The first-order valence-corrected chi connectivity index (χ1v) is 4.55. The van der Waals surface area contributed by atoms with Crippen LogP contribution >= 0.6 is 11.8 Å². The molecule has 0 spiro atoms. The van der Waals surface area contributed by atoms with E-state index in [-0.39, 0.29) is 21.7 Å². The van der Waals surface area contributed by atoms with E-state index in [9.17, 15) is 10.0 Å². The molecule has 0 aliphatic rings. The molecule has 0 saturated carbocycles. The fourth-order valence-electron chi connectivity index (χ4n) is 0.769. The van der Waals surface area contributed by atoms with Crippen LogP contribution in [0.3, 0.4) is 0 Å². The molecule has 6 nitrogen and oxygen atoms in total. The minimum Gasteiger partial charge on any atom is -0.733 e. The Balaban J connectivity index is 2.79. The van der Waals surface area contributed by atoms with E-state index in [4.69, 9.17) is 10.3 Å². The van der Waals surface area contributed by atoms with Crippen LogP contribution < -0.4 is 5.23 Å². The Hall–Kier alpha value is -1.31. The number of hydrogen-bond donors (Lipinski definition) is 2. The van der Waals surface area contributed by atoms with Crippen LogP contribution in [0, 0.1) is 5.21 Å². The number of hydrogen-bond acceptors (Lipinski definition) is 6. The molecule has 0 saturated heterocycles. The van der Waals surface area contributed by atoms with Crippen molar-refractivity contribution in [2.24, 2.45) is 0 Å². The second kappa shape index (κ2) is 4.80. The SMILES string of the molecule is O=C(O)CSc1ncccc1N([O-])O. The Kier molecular flexibility index (Phi) is 3.69. The van der Waals surface area contributed by atoms with E-state index in [2.05, 4.69) is 4.98 Å². The lowest BCUT2D eigenvalue weighted by atomic mass is 10.4. The lowest BCUT2D eigenvalue weighted by Gasteiger charge is -2.22. The highest BCUT2D eigenvalue weighted by atomic mass is 32.2. The maximum atomic E-state index is 10.6. The topological polar surface area (TPSA) is 96.7 Å². The lowest BCUT2D eigenvalue weighted by molar-refractivity contribution is -0.133. The molecule has 0 bridgehead atoms. The quantitative estimate of drug-likeness (QED) is 0.570. The van der Waals surface area contributed by atoms with Crippen molar-refractivity contribution >= 4 is 23.4 Å². The summed E-state index contributed by atoms with van der Waals surface area (Å²) in [5, 5.41) is 27.5. The molecule has 0 aromatic carbocycles. The van der Waals surface area contributed by atoms with Gasteiger partial charge < -0.3 is 15.5 Å². The number of thioether (sulfide) groups is 1. The van der Waals surface area contributed by atoms with Gasteiger partial charge in [-0.1, -0.05) is 11.8 Å². The van der Waals surface area contributed by atoms with Gasteiger partial charge in [-0.3, -0.25) is 10.0 Å². The molecule has 0 unspecified atom stereocenters. The van der Waals surface area contributed by atoms with Crippen LogP contribution in [0.5, 0.6) is 0 Å². The number of carboxylic acids is 1. The number of carboxylic acid groups (broad SMARTS) is 1. The van der Waals surface area contributed by atoms with Gasteiger partial charge in [0.25, 0.3) is 0 Å². The summed E-state index contributed by atoms with van der Waals surface area (Å²) in [4.78, 5) is 14.0. The van der Waals surface area contributed by atoms with Crippen LogP contribution in [0.25, 0.3) is 0 Å². The summed E-state index contributed by atoms with van der Waals surface area (Å²) in [7, 11) is 0. The third-order valence-electron chi connectivity index (χ3n) is 1.29.